The molecule has 0 amide bonds. The summed E-state index contributed by atoms with van der Waals surface area (Å²) in [5.41, 5.74) is 2.40. The topological polar surface area (TPSA) is 52.0 Å². The first kappa shape index (κ1) is 16.7. The van der Waals surface area contributed by atoms with Gasteiger partial charge in [0.1, 0.15) is 11.4 Å². The normalized spacial score (nSPS) is 10.5. The fourth-order valence-electron chi connectivity index (χ4n) is 2.89. The quantitative estimate of drug-likeness (QED) is 0.502. The highest BCUT2D eigenvalue weighted by molar-refractivity contribution is 6.12. The monoisotopic (exact) mass is 352 g/mol. The lowest BCUT2D eigenvalue weighted by atomic mass is 10.1. The molecule has 0 N–H and O–H groups in total. The van der Waals surface area contributed by atoms with E-state index >= 15 is 0 Å². The number of ketones is 2. The minimum Gasteiger partial charge on any atom is -0.287 e. The van der Waals surface area contributed by atoms with Crippen LogP contribution in [0.5, 0.6) is 0 Å². The lowest BCUT2D eigenvalue weighted by Crippen LogP contribution is -2.10. The van der Waals surface area contributed by atoms with Gasteiger partial charge in [0.05, 0.1) is 5.69 Å². The average Bonchev–Trinajstić information content (AvgIpc) is 3.20. The first-order valence-electron chi connectivity index (χ1n) is 8.59. The summed E-state index contributed by atoms with van der Waals surface area (Å²) in [7, 11) is 0. The summed E-state index contributed by atoms with van der Waals surface area (Å²) in [5.74, 6) is -0.397. The van der Waals surface area contributed by atoms with Crippen molar-refractivity contribution in [3.63, 3.8) is 0 Å². The molecule has 0 atom stereocenters. The molecule has 130 valence electrons. The molecule has 4 aromatic rings. The van der Waals surface area contributed by atoms with E-state index in [1.807, 2.05) is 54.6 Å². The van der Waals surface area contributed by atoms with Crippen molar-refractivity contribution in [2.24, 2.45) is 0 Å². The zero-order chi connectivity index (χ0) is 18.6. The zero-order valence-electron chi connectivity index (χ0n) is 14.4. The van der Waals surface area contributed by atoms with Gasteiger partial charge < -0.3 is 0 Å². The van der Waals surface area contributed by atoms with E-state index in [2.05, 4.69) is 5.10 Å². The molecule has 1 heterocycles. The van der Waals surface area contributed by atoms with Crippen molar-refractivity contribution < 1.29 is 9.59 Å². The van der Waals surface area contributed by atoms with E-state index in [0.29, 0.717) is 16.8 Å². The van der Waals surface area contributed by atoms with Gasteiger partial charge in [-0.1, -0.05) is 78.9 Å². The van der Waals surface area contributed by atoms with Gasteiger partial charge in [-0.15, -0.1) is 0 Å². The molecule has 0 spiro atoms. The summed E-state index contributed by atoms with van der Waals surface area (Å²) in [5, 5.41) is 4.45. The molecule has 4 heteroatoms. The standard InChI is InChI=1S/C23H16N2O2/c26-22(17-10-4-1-5-11-17)20-16-21(23(27)18-12-6-2-7-13-18)25(24-20)19-14-8-3-9-15-19/h1-16H. The van der Waals surface area contributed by atoms with Gasteiger partial charge >= 0.3 is 0 Å². The van der Waals surface area contributed by atoms with Crippen LogP contribution >= 0.6 is 0 Å². The van der Waals surface area contributed by atoms with E-state index in [0.717, 1.165) is 5.69 Å². The first-order valence-corrected chi connectivity index (χ1v) is 8.59. The highest BCUT2D eigenvalue weighted by atomic mass is 16.1. The second-order valence-electron chi connectivity index (χ2n) is 6.05. The Morgan fingerprint density at radius 2 is 1.11 bits per heavy atom. The van der Waals surface area contributed by atoms with Crippen LogP contribution in [0.2, 0.25) is 0 Å². The lowest BCUT2D eigenvalue weighted by Gasteiger charge is -2.06. The number of hydrogen-bond acceptors (Lipinski definition) is 3. The number of benzene rings is 3. The molecule has 0 aliphatic rings. The van der Waals surface area contributed by atoms with Crippen molar-refractivity contribution in [1.82, 2.24) is 9.78 Å². The number of para-hydroxylation sites is 1. The SMILES string of the molecule is O=C(c1ccccc1)c1cc(C(=O)c2ccccc2)n(-c2ccccc2)n1. The largest absolute Gasteiger partial charge is 0.287 e. The maximum Gasteiger partial charge on any atom is 0.213 e. The van der Waals surface area contributed by atoms with Crippen molar-refractivity contribution in [3.05, 3.63) is 120 Å². The molecule has 3 aromatic carbocycles. The van der Waals surface area contributed by atoms with Crippen LogP contribution in [0.15, 0.2) is 97.1 Å². The summed E-state index contributed by atoms with van der Waals surface area (Å²) >= 11 is 0. The third-order valence-corrected chi connectivity index (χ3v) is 4.25. The van der Waals surface area contributed by atoms with Gasteiger partial charge in [0.25, 0.3) is 0 Å². The fraction of sp³-hybridized carbons (Fsp3) is 0. The van der Waals surface area contributed by atoms with E-state index in [9.17, 15) is 9.59 Å². The number of aromatic nitrogens is 2. The average molecular weight is 352 g/mol. The Morgan fingerprint density at radius 3 is 1.67 bits per heavy atom. The van der Waals surface area contributed by atoms with E-state index < -0.39 is 0 Å². The van der Waals surface area contributed by atoms with Crippen LogP contribution in [0.1, 0.15) is 32.1 Å². The van der Waals surface area contributed by atoms with E-state index in [-0.39, 0.29) is 17.3 Å². The van der Waals surface area contributed by atoms with Crippen LogP contribution in [0.4, 0.5) is 0 Å². The van der Waals surface area contributed by atoms with Crippen LogP contribution < -0.4 is 0 Å². The first-order chi connectivity index (χ1) is 13.2. The highest BCUT2D eigenvalue weighted by Gasteiger charge is 2.21. The number of hydrogen-bond donors (Lipinski definition) is 0. The summed E-state index contributed by atoms with van der Waals surface area (Å²) < 4.78 is 1.53. The summed E-state index contributed by atoms with van der Waals surface area (Å²) in [4.78, 5) is 25.9. The van der Waals surface area contributed by atoms with Crippen molar-refractivity contribution >= 4 is 11.6 Å². The van der Waals surface area contributed by atoms with Gasteiger partial charge in [-0.3, -0.25) is 9.59 Å². The van der Waals surface area contributed by atoms with E-state index in [4.69, 9.17) is 0 Å². The number of carbonyl (C=O) groups excluding carboxylic acids is 2. The molecule has 4 nitrogen and oxygen atoms in total. The minimum atomic E-state index is -0.215. The predicted octanol–water partition coefficient (Wildman–Crippen LogP) is 4.33. The smallest absolute Gasteiger partial charge is 0.213 e. The highest BCUT2D eigenvalue weighted by Crippen LogP contribution is 2.18. The lowest BCUT2D eigenvalue weighted by molar-refractivity contribution is 0.102. The Balaban J connectivity index is 1.83. The zero-order valence-corrected chi connectivity index (χ0v) is 14.4. The van der Waals surface area contributed by atoms with Crippen LogP contribution in [-0.4, -0.2) is 21.3 Å². The molecule has 0 unspecified atom stereocenters. The molecule has 0 saturated carbocycles. The molecule has 0 aliphatic heterocycles. The van der Waals surface area contributed by atoms with Crippen LogP contribution in [-0.2, 0) is 0 Å². The maximum absolute atomic E-state index is 13.0. The Hall–Kier alpha value is -3.79. The van der Waals surface area contributed by atoms with Gasteiger partial charge in [0.2, 0.25) is 11.6 Å². The third kappa shape index (κ3) is 3.33. The van der Waals surface area contributed by atoms with E-state index in [1.54, 1.807) is 42.5 Å². The van der Waals surface area contributed by atoms with Gasteiger partial charge in [0, 0.05) is 11.1 Å². The summed E-state index contributed by atoms with van der Waals surface area (Å²) in [6.07, 6.45) is 0. The second-order valence-corrected chi connectivity index (χ2v) is 6.05. The molecule has 0 fully saturated rings. The van der Waals surface area contributed by atoms with Crippen molar-refractivity contribution in [2.75, 3.05) is 0 Å². The molecular formula is C23H16N2O2. The summed E-state index contributed by atoms with van der Waals surface area (Å²) in [6.45, 7) is 0. The van der Waals surface area contributed by atoms with Crippen molar-refractivity contribution in [2.45, 2.75) is 0 Å². The molecule has 4 rings (SSSR count). The van der Waals surface area contributed by atoms with Gasteiger partial charge in [-0.05, 0) is 18.2 Å². The fourth-order valence-corrected chi connectivity index (χ4v) is 2.89. The molecule has 0 radical (unpaired) electrons. The molecule has 0 bridgehead atoms. The minimum absolute atomic E-state index is 0.181. The molecular weight excluding hydrogens is 336 g/mol. The van der Waals surface area contributed by atoms with Crippen LogP contribution in [0.3, 0.4) is 0 Å². The Kier molecular flexibility index (Phi) is 4.45. The van der Waals surface area contributed by atoms with Gasteiger partial charge in [0.15, 0.2) is 0 Å². The Bertz CT molecular complexity index is 1090. The molecule has 0 saturated heterocycles. The van der Waals surface area contributed by atoms with Gasteiger partial charge in [-0.25, -0.2) is 4.68 Å². The Labute approximate surface area is 156 Å². The molecule has 0 aliphatic carbocycles. The van der Waals surface area contributed by atoms with Crippen molar-refractivity contribution in [3.8, 4) is 5.69 Å². The van der Waals surface area contributed by atoms with Gasteiger partial charge in [-0.2, -0.15) is 5.10 Å². The van der Waals surface area contributed by atoms with Crippen LogP contribution in [0, 0.1) is 0 Å². The number of rotatable bonds is 5. The van der Waals surface area contributed by atoms with E-state index in [1.165, 1.54) is 4.68 Å². The maximum atomic E-state index is 13.0. The number of carbonyl (C=O) groups is 2. The number of nitrogens with zero attached hydrogens (tertiary/aromatic N) is 2. The summed E-state index contributed by atoms with van der Waals surface area (Å²) in [6, 6.07) is 28.8. The molecule has 27 heavy (non-hydrogen) atoms. The molecule has 1 aromatic heterocycles. The Morgan fingerprint density at radius 1 is 0.630 bits per heavy atom. The van der Waals surface area contributed by atoms with Crippen molar-refractivity contribution in [1.29, 1.82) is 0 Å². The predicted molar refractivity (Wildman–Crippen MR) is 103 cm³/mol. The van der Waals surface area contributed by atoms with Crippen LogP contribution in [0.25, 0.3) is 5.69 Å². The second kappa shape index (κ2) is 7.22. The third-order valence-electron chi connectivity index (χ3n) is 4.25.